The Morgan fingerprint density at radius 3 is 2.50 bits per heavy atom. The second kappa shape index (κ2) is 5.27. The van der Waals surface area contributed by atoms with E-state index >= 15 is 0 Å². The fourth-order valence-electron chi connectivity index (χ4n) is 2.02. The molecule has 1 aliphatic rings. The first kappa shape index (κ1) is 12.0. The lowest BCUT2D eigenvalue weighted by Gasteiger charge is -2.32. The molecule has 0 spiro atoms. The van der Waals surface area contributed by atoms with Crippen LogP contribution in [0, 0.1) is 13.8 Å². The van der Waals surface area contributed by atoms with Crippen LogP contribution in [-0.2, 0) is 6.54 Å². The molecule has 1 N–H and O–H groups in total. The number of piperazine rings is 1. The number of hydrogen-bond acceptors (Lipinski definition) is 4. The lowest BCUT2D eigenvalue weighted by molar-refractivity contribution is 0.102. The fourth-order valence-corrected chi connectivity index (χ4v) is 2.97. The summed E-state index contributed by atoms with van der Waals surface area (Å²) in [5, 5.41) is 2.34. The van der Waals surface area contributed by atoms with E-state index in [1.807, 2.05) is 11.3 Å². The maximum Gasteiger partial charge on any atom is 0.0364 e. The predicted octanol–water partition coefficient (Wildman–Crippen LogP) is 1.62. The Kier molecular flexibility index (Phi) is 3.97. The van der Waals surface area contributed by atoms with Crippen molar-refractivity contribution < 1.29 is 0 Å². The van der Waals surface area contributed by atoms with Gasteiger partial charge in [-0.2, -0.15) is 0 Å². The molecule has 3 nitrogen and oxygen atoms in total. The van der Waals surface area contributed by atoms with Crippen LogP contribution in [0.5, 0.6) is 0 Å². The Bertz CT molecular complexity index is 340. The normalized spacial score (nSPS) is 19.2. The fraction of sp³-hybridized carbons (Fsp3) is 0.667. The first-order chi connectivity index (χ1) is 7.65. The largest absolute Gasteiger partial charge is 0.304 e. The van der Waals surface area contributed by atoms with Gasteiger partial charge in [-0.3, -0.25) is 5.43 Å². The third-order valence-electron chi connectivity index (χ3n) is 3.14. The number of aryl methyl sites for hydroxylation is 2. The molecular weight excluding hydrogens is 218 g/mol. The number of nitrogens with one attached hydrogen (secondary N) is 1. The molecule has 0 bridgehead atoms. The maximum absolute atomic E-state index is 3.53. The summed E-state index contributed by atoms with van der Waals surface area (Å²) in [5.41, 5.74) is 4.97. The molecule has 1 aromatic rings. The van der Waals surface area contributed by atoms with E-state index in [0.717, 1.165) is 32.7 Å². The van der Waals surface area contributed by atoms with Crippen molar-refractivity contribution in [3.63, 3.8) is 0 Å². The van der Waals surface area contributed by atoms with Gasteiger partial charge < -0.3 is 4.90 Å². The van der Waals surface area contributed by atoms with Crippen molar-refractivity contribution in [2.45, 2.75) is 20.4 Å². The Labute approximate surface area is 102 Å². The van der Waals surface area contributed by atoms with Crippen LogP contribution in [0.15, 0.2) is 6.07 Å². The zero-order chi connectivity index (χ0) is 11.5. The average molecular weight is 239 g/mol. The number of thiophene rings is 1. The van der Waals surface area contributed by atoms with Gasteiger partial charge in [-0.05, 0) is 32.5 Å². The molecule has 1 aromatic heterocycles. The topological polar surface area (TPSA) is 18.5 Å². The Morgan fingerprint density at radius 1 is 1.25 bits per heavy atom. The molecular formula is C12H21N3S. The van der Waals surface area contributed by atoms with Gasteiger partial charge in [0.25, 0.3) is 0 Å². The lowest BCUT2D eigenvalue weighted by atomic mass is 10.2. The summed E-state index contributed by atoms with van der Waals surface area (Å²) < 4.78 is 0. The molecule has 1 aliphatic heterocycles. The van der Waals surface area contributed by atoms with E-state index in [1.54, 1.807) is 0 Å². The molecule has 0 saturated carbocycles. The van der Waals surface area contributed by atoms with Crippen LogP contribution in [0.1, 0.15) is 15.3 Å². The number of nitrogens with zero attached hydrogens (tertiary/aromatic N) is 2. The molecule has 90 valence electrons. The van der Waals surface area contributed by atoms with Crippen LogP contribution >= 0.6 is 11.3 Å². The summed E-state index contributed by atoms with van der Waals surface area (Å²) in [6.07, 6.45) is 0. The molecule has 0 aromatic carbocycles. The Hall–Kier alpha value is -0.420. The number of hydrogen-bond donors (Lipinski definition) is 1. The SMILES string of the molecule is Cc1cc(CNN2CCN(C)CC2)c(C)s1. The van der Waals surface area contributed by atoms with E-state index in [1.165, 1.54) is 15.3 Å². The highest BCUT2D eigenvalue weighted by Crippen LogP contribution is 2.20. The van der Waals surface area contributed by atoms with Crippen molar-refractivity contribution in [1.29, 1.82) is 0 Å². The highest BCUT2D eigenvalue weighted by Gasteiger charge is 2.13. The number of hydrazine groups is 1. The molecule has 0 radical (unpaired) electrons. The van der Waals surface area contributed by atoms with Crippen molar-refractivity contribution in [2.24, 2.45) is 0 Å². The van der Waals surface area contributed by atoms with Gasteiger partial charge in [0.1, 0.15) is 0 Å². The Morgan fingerprint density at radius 2 is 1.94 bits per heavy atom. The third-order valence-corrected chi connectivity index (χ3v) is 4.15. The van der Waals surface area contributed by atoms with Crippen LogP contribution < -0.4 is 5.43 Å². The first-order valence-corrected chi connectivity index (χ1v) is 6.69. The minimum absolute atomic E-state index is 0.972. The van der Waals surface area contributed by atoms with Crippen molar-refractivity contribution in [3.8, 4) is 0 Å². The summed E-state index contributed by atoms with van der Waals surface area (Å²) in [6, 6.07) is 2.29. The van der Waals surface area contributed by atoms with Crippen molar-refractivity contribution in [2.75, 3.05) is 33.2 Å². The van der Waals surface area contributed by atoms with E-state index in [4.69, 9.17) is 0 Å². The van der Waals surface area contributed by atoms with Gasteiger partial charge in [0, 0.05) is 42.5 Å². The number of likely N-dealkylation sites (N-methyl/N-ethyl adjacent to an activating group) is 1. The average Bonchev–Trinajstić information content (AvgIpc) is 2.57. The molecule has 1 fully saturated rings. The van der Waals surface area contributed by atoms with Crippen LogP contribution in [0.2, 0.25) is 0 Å². The molecule has 1 saturated heterocycles. The predicted molar refractivity (Wildman–Crippen MR) is 69.7 cm³/mol. The smallest absolute Gasteiger partial charge is 0.0364 e. The maximum atomic E-state index is 3.53. The van der Waals surface area contributed by atoms with Gasteiger partial charge in [-0.25, -0.2) is 5.01 Å². The molecule has 2 rings (SSSR count). The summed E-state index contributed by atoms with van der Waals surface area (Å²) in [6.45, 7) is 9.93. The summed E-state index contributed by atoms with van der Waals surface area (Å²) in [4.78, 5) is 5.23. The summed E-state index contributed by atoms with van der Waals surface area (Å²) in [7, 11) is 2.18. The standard InChI is InChI=1S/C12H21N3S/c1-10-8-12(11(2)16-10)9-13-15-6-4-14(3)5-7-15/h8,13H,4-7,9H2,1-3H3. The highest BCUT2D eigenvalue weighted by molar-refractivity contribution is 7.12. The minimum atomic E-state index is 0.972. The minimum Gasteiger partial charge on any atom is -0.304 e. The van der Waals surface area contributed by atoms with Gasteiger partial charge in [0.2, 0.25) is 0 Å². The van der Waals surface area contributed by atoms with E-state index < -0.39 is 0 Å². The number of rotatable bonds is 3. The second-order valence-corrected chi connectivity index (χ2v) is 6.02. The second-order valence-electron chi connectivity index (χ2n) is 4.56. The van der Waals surface area contributed by atoms with Crippen molar-refractivity contribution in [3.05, 3.63) is 21.4 Å². The highest BCUT2D eigenvalue weighted by atomic mass is 32.1. The zero-order valence-corrected chi connectivity index (χ0v) is 11.2. The van der Waals surface area contributed by atoms with E-state index in [9.17, 15) is 0 Å². The van der Waals surface area contributed by atoms with Crippen LogP contribution in [0.25, 0.3) is 0 Å². The third kappa shape index (κ3) is 3.04. The molecule has 4 heteroatoms. The lowest BCUT2D eigenvalue weighted by Crippen LogP contribution is -2.50. The van der Waals surface area contributed by atoms with Gasteiger partial charge in [0.15, 0.2) is 0 Å². The molecule has 16 heavy (non-hydrogen) atoms. The quantitative estimate of drug-likeness (QED) is 0.864. The van der Waals surface area contributed by atoms with Crippen molar-refractivity contribution >= 4 is 11.3 Å². The molecule has 0 atom stereocenters. The first-order valence-electron chi connectivity index (χ1n) is 5.88. The molecule has 0 unspecified atom stereocenters. The summed E-state index contributed by atoms with van der Waals surface area (Å²) in [5.74, 6) is 0. The zero-order valence-electron chi connectivity index (χ0n) is 10.4. The molecule has 2 heterocycles. The Balaban J connectivity index is 1.81. The van der Waals surface area contributed by atoms with Crippen molar-refractivity contribution in [1.82, 2.24) is 15.3 Å². The van der Waals surface area contributed by atoms with E-state index in [0.29, 0.717) is 0 Å². The molecule has 0 aliphatic carbocycles. The van der Waals surface area contributed by atoms with Gasteiger partial charge in [0.05, 0.1) is 0 Å². The van der Waals surface area contributed by atoms with Crippen LogP contribution in [0.3, 0.4) is 0 Å². The van der Waals surface area contributed by atoms with Gasteiger partial charge in [-0.15, -0.1) is 11.3 Å². The van der Waals surface area contributed by atoms with E-state index in [-0.39, 0.29) is 0 Å². The molecule has 0 amide bonds. The monoisotopic (exact) mass is 239 g/mol. The van der Waals surface area contributed by atoms with Gasteiger partial charge >= 0.3 is 0 Å². The van der Waals surface area contributed by atoms with Crippen LogP contribution in [0.4, 0.5) is 0 Å². The van der Waals surface area contributed by atoms with Crippen LogP contribution in [-0.4, -0.2) is 43.1 Å². The summed E-state index contributed by atoms with van der Waals surface area (Å²) >= 11 is 1.89. The van der Waals surface area contributed by atoms with E-state index in [2.05, 4.69) is 42.3 Å². The van der Waals surface area contributed by atoms with Gasteiger partial charge in [-0.1, -0.05) is 0 Å².